The van der Waals surface area contributed by atoms with Crippen molar-refractivity contribution >= 4 is 12.0 Å². The number of aliphatic imine (C=N–C) groups is 1. The third-order valence-corrected chi connectivity index (χ3v) is 4.44. The summed E-state index contributed by atoms with van der Waals surface area (Å²) in [6, 6.07) is 13.7. The number of hydrogen-bond acceptors (Lipinski definition) is 5. The van der Waals surface area contributed by atoms with Crippen LogP contribution < -0.4 is 20.9 Å². The Balaban J connectivity index is 1.64. The first kappa shape index (κ1) is 19.2. The summed E-state index contributed by atoms with van der Waals surface area (Å²) in [7, 11) is 0. The predicted octanol–water partition coefficient (Wildman–Crippen LogP) is 4.09. The maximum Gasteiger partial charge on any atom is 0.573 e. The molecular formula is C19H21F3N4O. The average molecular weight is 378 g/mol. The molecule has 0 fully saturated rings. The van der Waals surface area contributed by atoms with Crippen LogP contribution in [-0.2, 0) is 0 Å². The van der Waals surface area contributed by atoms with E-state index in [4.69, 9.17) is 5.73 Å². The van der Waals surface area contributed by atoms with Crippen LogP contribution in [0.1, 0.15) is 36.6 Å². The highest BCUT2D eigenvalue weighted by atomic mass is 19.4. The molecule has 2 atom stereocenters. The van der Waals surface area contributed by atoms with E-state index in [9.17, 15) is 13.2 Å². The summed E-state index contributed by atoms with van der Waals surface area (Å²) in [6.45, 7) is 2.72. The van der Waals surface area contributed by atoms with Gasteiger partial charge in [0.25, 0.3) is 0 Å². The fourth-order valence-electron chi connectivity index (χ4n) is 2.93. The fourth-order valence-corrected chi connectivity index (χ4v) is 2.93. The molecule has 2 aromatic rings. The first-order valence-corrected chi connectivity index (χ1v) is 8.64. The molecule has 8 heteroatoms. The average Bonchev–Trinajstić information content (AvgIpc) is 3.13. The highest BCUT2D eigenvalue weighted by molar-refractivity contribution is 5.80. The number of alkyl halides is 3. The lowest BCUT2D eigenvalue weighted by Crippen LogP contribution is -2.33. The van der Waals surface area contributed by atoms with E-state index < -0.39 is 6.36 Å². The Morgan fingerprint density at radius 3 is 2.37 bits per heavy atom. The Labute approximate surface area is 155 Å². The van der Waals surface area contributed by atoms with Crippen molar-refractivity contribution in [3.05, 3.63) is 59.7 Å². The Morgan fingerprint density at radius 1 is 1.15 bits per heavy atom. The molecule has 0 aliphatic carbocycles. The van der Waals surface area contributed by atoms with Crippen molar-refractivity contribution in [2.24, 2.45) is 10.7 Å². The van der Waals surface area contributed by atoms with E-state index in [2.05, 4.69) is 34.2 Å². The number of nitrogens with two attached hydrogens (primary N) is 1. The van der Waals surface area contributed by atoms with Gasteiger partial charge in [0.05, 0.1) is 5.69 Å². The predicted molar refractivity (Wildman–Crippen MR) is 98.5 cm³/mol. The lowest BCUT2D eigenvalue weighted by atomic mass is 9.95. The molecule has 1 aliphatic heterocycles. The molecule has 144 valence electrons. The van der Waals surface area contributed by atoms with Crippen LogP contribution in [0, 0.1) is 0 Å². The van der Waals surface area contributed by atoms with Crippen LogP contribution in [0.3, 0.4) is 0 Å². The van der Waals surface area contributed by atoms with E-state index in [0.717, 1.165) is 12.0 Å². The minimum atomic E-state index is -4.70. The van der Waals surface area contributed by atoms with E-state index in [-0.39, 0.29) is 11.9 Å². The molecule has 0 bridgehead atoms. The molecule has 27 heavy (non-hydrogen) atoms. The third kappa shape index (κ3) is 4.78. The van der Waals surface area contributed by atoms with Gasteiger partial charge in [-0.05, 0) is 54.3 Å². The second kappa shape index (κ2) is 7.98. The lowest BCUT2D eigenvalue weighted by molar-refractivity contribution is -0.274. The number of rotatable bonds is 6. The van der Waals surface area contributed by atoms with Crippen LogP contribution in [0.5, 0.6) is 5.75 Å². The highest BCUT2D eigenvalue weighted by Crippen LogP contribution is 2.28. The van der Waals surface area contributed by atoms with Gasteiger partial charge in [-0.3, -0.25) is 5.01 Å². The quantitative estimate of drug-likeness (QED) is 0.795. The molecule has 1 heterocycles. The van der Waals surface area contributed by atoms with Gasteiger partial charge in [0.2, 0.25) is 0 Å². The van der Waals surface area contributed by atoms with Crippen LogP contribution >= 0.6 is 0 Å². The van der Waals surface area contributed by atoms with Crippen molar-refractivity contribution in [3.8, 4) is 5.75 Å². The van der Waals surface area contributed by atoms with Gasteiger partial charge in [0.15, 0.2) is 0 Å². The zero-order valence-corrected chi connectivity index (χ0v) is 14.8. The first-order chi connectivity index (χ1) is 12.9. The Morgan fingerprint density at radius 2 is 1.81 bits per heavy atom. The zero-order valence-electron chi connectivity index (χ0n) is 14.8. The van der Waals surface area contributed by atoms with Crippen LogP contribution in [0.2, 0.25) is 0 Å². The van der Waals surface area contributed by atoms with Crippen molar-refractivity contribution in [1.29, 1.82) is 0 Å². The van der Waals surface area contributed by atoms with E-state index in [1.54, 1.807) is 11.3 Å². The number of anilines is 1. The minimum Gasteiger partial charge on any atom is -0.406 e. The van der Waals surface area contributed by atoms with E-state index >= 15 is 0 Å². The second-order valence-electron chi connectivity index (χ2n) is 6.22. The van der Waals surface area contributed by atoms with E-state index in [1.807, 2.05) is 12.1 Å². The van der Waals surface area contributed by atoms with Gasteiger partial charge >= 0.3 is 6.36 Å². The second-order valence-corrected chi connectivity index (χ2v) is 6.22. The minimum absolute atomic E-state index is 0.261. The van der Waals surface area contributed by atoms with Crippen molar-refractivity contribution in [2.45, 2.75) is 31.8 Å². The van der Waals surface area contributed by atoms with Gasteiger partial charge in [-0.1, -0.05) is 31.2 Å². The van der Waals surface area contributed by atoms with Crippen molar-refractivity contribution in [1.82, 2.24) is 5.43 Å². The van der Waals surface area contributed by atoms with Crippen LogP contribution in [-0.4, -0.2) is 19.2 Å². The lowest BCUT2D eigenvalue weighted by Gasteiger charge is -2.19. The smallest absolute Gasteiger partial charge is 0.406 e. The normalized spacial score (nSPS) is 18.0. The molecule has 0 saturated heterocycles. The number of halogens is 3. The van der Waals surface area contributed by atoms with Crippen molar-refractivity contribution < 1.29 is 17.9 Å². The van der Waals surface area contributed by atoms with Gasteiger partial charge < -0.3 is 10.5 Å². The monoisotopic (exact) mass is 378 g/mol. The summed E-state index contributed by atoms with van der Waals surface area (Å²) >= 11 is 0. The van der Waals surface area contributed by atoms with Gasteiger partial charge in [-0.15, -0.1) is 13.2 Å². The number of hydrogen-bond donors (Lipinski definition) is 2. The third-order valence-electron chi connectivity index (χ3n) is 4.44. The molecule has 0 saturated carbocycles. The molecule has 0 spiro atoms. The van der Waals surface area contributed by atoms with Crippen LogP contribution in [0.4, 0.5) is 18.9 Å². The van der Waals surface area contributed by atoms with E-state index in [0.29, 0.717) is 18.2 Å². The number of nitrogens with one attached hydrogen (secondary N) is 1. The maximum atomic E-state index is 12.2. The SMILES string of the molecule is CCC(CN)c1ccc(C2N=CN(c3ccc(OC(F)(F)F)cc3)N2)cc1. The summed E-state index contributed by atoms with van der Waals surface area (Å²) in [6.07, 6.45) is -2.37. The molecule has 1 aliphatic rings. The molecule has 3 N–H and O–H groups in total. The van der Waals surface area contributed by atoms with Gasteiger partial charge in [0.1, 0.15) is 18.3 Å². The Bertz CT molecular complexity index is 771. The molecular weight excluding hydrogens is 357 g/mol. The summed E-state index contributed by atoms with van der Waals surface area (Å²) in [5.41, 5.74) is 11.8. The van der Waals surface area contributed by atoms with Gasteiger partial charge in [-0.2, -0.15) is 5.43 Å². The number of benzene rings is 2. The Hall–Kier alpha value is -2.58. The van der Waals surface area contributed by atoms with Crippen molar-refractivity contribution in [3.63, 3.8) is 0 Å². The standard InChI is InChI=1S/C19H21F3N4O/c1-2-13(11-23)14-3-5-15(6-4-14)18-24-12-26(25-18)16-7-9-17(10-8-16)27-19(20,21)22/h3-10,12-13,18,25H,2,11,23H2,1H3. The number of ether oxygens (including phenoxy) is 1. The molecule has 0 amide bonds. The topological polar surface area (TPSA) is 62.9 Å². The molecule has 2 aromatic carbocycles. The van der Waals surface area contributed by atoms with Crippen molar-refractivity contribution in [2.75, 3.05) is 11.6 Å². The summed E-state index contributed by atoms with van der Waals surface area (Å²) in [4.78, 5) is 4.41. The largest absolute Gasteiger partial charge is 0.573 e. The molecule has 5 nitrogen and oxygen atoms in total. The first-order valence-electron chi connectivity index (χ1n) is 8.64. The summed E-state index contributed by atoms with van der Waals surface area (Å²) < 4.78 is 40.6. The molecule has 0 radical (unpaired) electrons. The van der Waals surface area contributed by atoms with Crippen LogP contribution in [0.25, 0.3) is 0 Å². The Kier molecular flexibility index (Phi) is 5.67. The fraction of sp³-hybridized carbons (Fsp3) is 0.316. The number of hydrazine groups is 1. The summed E-state index contributed by atoms with van der Waals surface area (Å²) in [5.74, 6) is 0.0768. The van der Waals surface area contributed by atoms with E-state index in [1.165, 1.54) is 29.8 Å². The highest BCUT2D eigenvalue weighted by Gasteiger charge is 2.31. The molecule has 3 rings (SSSR count). The number of nitrogens with zero attached hydrogens (tertiary/aromatic N) is 2. The molecule has 2 unspecified atom stereocenters. The van der Waals surface area contributed by atoms with Gasteiger partial charge in [0, 0.05) is 0 Å². The maximum absolute atomic E-state index is 12.2. The van der Waals surface area contributed by atoms with Gasteiger partial charge in [-0.25, -0.2) is 4.99 Å². The summed E-state index contributed by atoms with van der Waals surface area (Å²) in [5, 5.41) is 1.66. The zero-order chi connectivity index (χ0) is 19.4. The van der Waals surface area contributed by atoms with Crippen LogP contribution in [0.15, 0.2) is 53.5 Å². The molecule has 0 aromatic heterocycles.